The molecule has 0 aliphatic rings. The van der Waals surface area contributed by atoms with Crippen molar-refractivity contribution in [2.45, 2.75) is 11.8 Å². The average Bonchev–Trinajstić information content (AvgIpc) is 2.55. The summed E-state index contributed by atoms with van der Waals surface area (Å²) in [5.41, 5.74) is 0.519. The Hall–Kier alpha value is -2.26. The van der Waals surface area contributed by atoms with Gasteiger partial charge in [0.2, 0.25) is 5.91 Å². The molecule has 2 N–H and O–H groups in total. The Morgan fingerprint density at radius 3 is 2.32 bits per heavy atom. The number of sulfonamides is 1. The van der Waals surface area contributed by atoms with Crippen LogP contribution in [0.3, 0.4) is 0 Å². The summed E-state index contributed by atoms with van der Waals surface area (Å²) in [6.45, 7) is 1.34. The molecule has 0 saturated heterocycles. The molecule has 0 unspecified atom stereocenters. The molecule has 0 bridgehead atoms. The lowest BCUT2D eigenvalue weighted by molar-refractivity contribution is -0.114. The fourth-order valence-electron chi connectivity index (χ4n) is 2.05. The number of nitrogens with one attached hydrogen (secondary N) is 2. The van der Waals surface area contributed by atoms with Crippen molar-refractivity contribution >= 4 is 43.2 Å². The van der Waals surface area contributed by atoms with Gasteiger partial charge in [-0.3, -0.25) is 9.52 Å². The van der Waals surface area contributed by atoms with Crippen molar-refractivity contribution in [3.63, 3.8) is 0 Å². The van der Waals surface area contributed by atoms with Gasteiger partial charge < -0.3 is 14.8 Å². The van der Waals surface area contributed by atoms with Crippen molar-refractivity contribution in [2.75, 3.05) is 24.3 Å². The highest BCUT2D eigenvalue weighted by Gasteiger charge is 2.18. The molecule has 2 rings (SSSR count). The molecule has 9 heteroatoms. The molecule has 1 amide bonds. The predicted molar refractivity (Wildman–Crippen MR) is 98.8 cm³/mol. The van der Waals surface area contributed by atoms with Crippen LogP contribution in [0.1, 0.15) is 6.92 Å². The summed E-state index contributed by atoms with van der Waals surface area (Å²) in [4.78, 5) is 11.4. The Bertz CT molecular complexity index is 899. The van der Waals surface area contributed by atoms with E-state index in [1.807, 2.05) is 0 Å². The van der Waals surface area contributed by atoms with Crippen LogP contribution in [0.5, 0.6) is 11.5 Å². The van der Waals surface area contributed by atoms with Crippen LogP contribution in [-0.2, 0) is 14.8 Å². The Morgan fingerprint density at radius 1 is 1.04 bits per heavy atom. The van der Waals surface area contributed by atoms with Gasteiger partial charge in [-0.2, -0.15) is 0 Å². The number of rotatable bonds is 6. The van der Waals surface area contributed by atoms with Crippen molar-refractivity contribution in [3.05, 3.63) is 40.9 Å². The fourth-order valence-corrected chi connectivity index (χ4v) is 3.84. The van der Waals surface area contributed by atoms with E-state index in [1.165, 1.54) is 39.3 Å². The van der Waals surface area contributed by atoms with Crippen LogP contribution in [0.4, 0.5) is 11.4 Å². The topological polar surface area (TPSA) is 93.7 Å². The van der Waals surface area contributed by atoms with Crippen LogP contribution in [0.2, 0.25) is 0 Å². The first-order chi connectivity index (χ1) is 11.8. The van der Waals surface area contributed by atoms with E-state index in [0.29, 0.717) is 21.7 Å². The first-order valence-corrected chi connectivity index (χ1v) is 9.36. The Morgan fingerprint density at radius 2 is 1.76 bits per heavy atom. The van der Waals surface area contributed by atoms with E-state index in [2.05, 4.69) is 26.0 Å². The third-order valence-electron chi connectivity index (χ3n) is 3.22. The second-order valence-electron chi connectivity index (χ2n) is 4.99. The van der Waals surface area contributed by atoms with Crippen LogP contribution in [0, 0.1) is 0 Å². The molecule has 0 atom stereocenters. The first kappa shape index (κ1) is 19.1. The maximum absolute atomic E-state index is 12.7. The summed E-state index contributed by atoms with van der Waals surface area (Å²) in [6, 6.07) is 9.05. The number of carbonyl (C=O) groups is 1. The van der Waals surface area contributed by atoms with E-state index in [1.54, 1.807) is 18.2 Å². The van der Waals surface area contributed by atoms with E-state index >= 15 is 0 Å². The van der Waals surface area contributed by atoms with Gasteiger partial charge in [0.15, 0.2) is 0 Å². The molecule has 0 aromatic heterocycles. The Labute approximate surface area is 154 Å². The summed E-state index contributed by atoms with van der Waals surface area (Å²) in [6.07, 6.45) is 0. The average molecular weight is 429 g/mol. The van der Waals surface area contributed by atoms with Crippen molar-refractivity contribution in [1.29, 1.82) is 0 Å². The summed E-state index contributed by atoms with van der Waals surface area (Å²) in [5, 5.41) is 2.58. The zero-order valence-electron chi connectivity index (χ0n) is 13.8. The molecule has 0 fully saturated rings. The quantitative estimate of drug-likeness (QED) is 0.736. The highest BCUT2D eigenvalue weighted by Crippen LogP contribution is 2.31. The molecular weight excluding hydrogens is 412 g/mol. The number of benzene rings is 2. The Kier molecular flexibility index (Phi) is 5.91. The van der Waals surface area contributed by atoms with E-state index < -0.39 is 10.0 Å². The molecule has 0 aliphatic heterocycles. The molecule has 0 saturated carbocycles. The van der Waals surface area contributed by atoms with E-state index in [4.69, 9.17) is 9.47 Å². The standard InChI is InChI=1S/C16H17BrN2O5S/c1-10(20)18-14-6-4-11(23-2)8-15(14)19-25(21,22)12-5-7-16(24-3)13(17)9-12/h4-9,19H,1-3H3,(H,18,20). The number of amides is 1. The number of anilines is 2. The van der Waals surface area contributed by atoms with Crippen molar-refractivity contribution in [3.8, 4) is 11.5 Å². The van der Waals surface area contributed by atoms with Crippen molar-refractivity contribution < 1.29 is 22.7 Å². The summed E-state index contributed by atoms with van der Waals surface area (Å²) >= 11 is 3.26. The minimum Gasteiger partial charge on any atom is -0.497 e. The zero-order valence-corrected chi connectivity index (χ0v) is 16.2. The Balaban J connectivity index is 2.42. The lowest BCUT2D eigenvalue weighted by atomic mass is 10.2. The number of carbonyl (C=O) groups excluding carboxylic acids is 1. The SMILES string of the molecule is COc1ccc(NC(C)=O)c(NS(=O)(=O)c2ccc(OC)c(Br)c2)c1. The van der Waals surface area contributed by atoms with Crippen LogP contribution >= 0.6 is 15.9 Å². The summed E-state index contributed by atoms with van der Waals surface area (Å²) < 4.78 is 38.5. The molecule has 7 nitrogen and oxygen atoms in total. The number of ether oxygens (including phenoxy) is 2. The second-order valence-corrected chi connectivity index (χ2v) is 7.53. The fraction of sp³-hybridized carbons (Fsp3) is 0.188. The first-order valence-electron chi connectivity index (χ1n) is 7.09. The largest absolute Gasteiger partial charge is 0.497 e. The lowest BCUT2D eigenvalue weighted by Gasteiger charge is -2.15. The van der Waals surface area contributed by atoms with Gasteiger partial charge in [0, 0.05) is 13.0 Å². The van der Waals surface area contributed by atoms with Crippen LogP contribution in [0.15, 0.2) is 45.8 Å². The van der Waals surface area contributed by atoms with Crippen LogP contribution in [-0.4, -0.2) is 28.5 Å². The molecule has 2 aromatic rings. The van der Waals surface area contributed by atoms with Crippen LogP contribution < -0.4 is 19.5 Å². The number of hydrogen-bond donors (Lipinski definition) is 2. The normalized spacial score (nSPS) is 10.9. The van der Waals surface area contributed by atoms with Gasteiger partial charge in [-0.05, 0) is 46.3 Å². The molecular formula is C16H17BrN2O5S. The van der Waals surface area contributed by atoms with Crippen LogP contribution in [0.25, 0.3) is 0 Å². The maximum Gasteiger partial charge on any atom is 0.262 e. The molecule has 2 aromatic carbocycles. The minimum atomic E-state index is -3.89. The summed E-state index contributed by atoms with van der Waals surface area (Å²) in [7, 11) is -0.933. The molecule has 134 valence electrons. The van der Waals surface area contributed by atoms with E-state index in [0.717, 1.165) is 0 Å². The van der Waals surface area contributed by atoms with Gasteiger partial charge in [-0.1, -0.05) is 0 Å². The highest BCUT2D eigenvalue weighted by atomic mass is 79.9. The van der Waals surface area contributed by atoms with Gasteiger partial charge >= 0.3 is 0 Å². The third kappa shape index (κ3) is 4.64. The molecule has 0 heterocycles. The van der Waals surface area contributed by atoms with Crippen molar-refractivity contribution in [1.82, 2.24) is 0 Å². The van der Waals surface area contributed by atoms with Crippen molar-refractivity contribution in [2.24, 2.45) is 0 Å². The van der Waals surface area contributed by atoms with Gasteiger partial charge in [0.1, 0.15) is 11.5 Å². The second kappa shape index (κ2) is 7.75. The number of methoxy groups -OCH3 is 2. The zero-order chi connectivity index (χ0) is 18.6. The molecule has 25 heavy (non-hydrogen) atoms. The smallest absolute Gasteiger partial charge is 0.262 e. The van der Waals surface area contributed by atoms with Gasteiger partial charge in [-0.25, -0.2) is 8.42 Å². The highest BCUT2D eigenvalue weighted by molar-refractivity contribution is 9.10. The minimum absolute atomic E-state index is 0.0387. The van der Waals surface area contributed by atoms with E-state index in [9.17, 15) is 13.2 Å². The predicted octanol–water partition coefficient (Wildman–Crippen LogP) is 3.23. The number of halogens is 1. The monoisotopic (exact) mass is 428 g/mol. The molecule has 0 spiro atoms. The molecule has 0 radical (unpaired) electrons. The maximum atomic E-state index is 12.7. The molecule has 0 aliphatic carbocycles. The lowest BCUT2D eigenvalue weighted by Crippen LogP contribution is -2.16. The summed E-state index contributed by atoms with van der Waals surface area (Å²) in [5.74, 6) is 0.639. The van der Waals surface area contributed by atoms with Gasteiger partial charge in [0.05, 0.1) is 35.0 Å². The van der Waals surface area contributed by atoms with E-state index in [-0.39, 0.29) is 16.5 Å². The third-order valence-corrected chi connectivity index (χ3v) is 5.20. The number of hydrogen-bond acceptors (Lipinski definition) is 5. The van der Waals surface area contributed by atoms with Gasteiger partial charge in [0.25, 0.3) is 10.0 Å². The van der Waals surface area contributed by atoms with Gasteiger partial charge in [-0.15, -0.1) is 0 Å².